The van der Waals surface area contributed by atoms with Crippen LogP contribution in [0.2, 0.25) is 0 Å². The van der Waals surface area contributed by atoms with Crippen LogP contribution in [-0.4, -0.2) is 18.2 Å². The molecule has 0 radical (unpaired) electrons. The van der Waals surface area contributed by atoms with Crippen molar-refractivity contribution in [3.05, 3.63) is 40.9 Å². The van der Waals surface area contributed by atoms with Gasteiger partial charge in [0, 0.05) is 11.0 Å². The molecule has 1 rings (SSSR count). The zero-order valence-corrected chi connectivity index (χ0v) is 12.5. The summed E-state index contributed by atoms with van der Waals surface area (Å²) >= 11 is 3.37. The topological polar surface area (TPSA) is 38.3 Å². The molecule has 98 valence electrons. The number of carbonyl (C=O) groups is 1. The fourth-order valence-corrected chi connectivity index (χ4v) is 1.55. The Hall–Kier alpha value is -1.29. The van der Waals surface area contributed by atoms with Crippen LogP contribution in [0.5, 0.6) is 0 Å². The molecule has 1 amide bonds. The predicted octanol–water partition coefficient (Wildman–Crippen LogP) is 3.99. The average Bonchev–Trinajstić information content (AvgIpc) is 2.24. The second-order valence-electron chi connectivity index (χ2n) is 4.97. The van der Waals surface area contributed by atoms with Crippen molar-refractivity contribution < 1.29 is 9.53 Å². The average molecular weight is 312 g/mol. The Labute approximate surface area is 116 Å². The normalized spacial score (nSPS) is 10.9. The first-order valence-corrected chi connectivity index (χ1v) is 6.48. The second-order valence-corrected chi connectivity index (χ2v) is 5.88. The lowest BCUT2D eigenvalue weighted by Gasteiger charge is -2.20. The SMILES string of the molecule is C=C(CNC(=O)OC(C)(C)C)c1ccc(Br)cc1. The molecule has 0 heterocycles. The van der Waals surface area contributed by atoms with Gasteiger partial charge in [-0.2, -0.15) is 0 Å². The Kier molecular flexibility index (Phi) is 4.96. The molecule has 0 aromatic heterocycles. The van der Waals surface area contributed by atoms with E-state index < -0.39 is 11.7 Å². The van der Waals surface area contributed by atoms with Crippen LogP contribution in [0.1, 0.15) is 26.3 Å². The van der Waals surface area contributed by atoms with Gasteiger partial charge in [0.05, 0.1) is 0 Å². The Morgan fingerprint density at radius 3 is 2.39 bits per heavy atom. The van der Waals surface area contributed by atoms with Gasteiger partial charge in [0.15, 0.2) is 0 Å². The van der Waals surface area contributed by atoms with Gasteiger partial charge >= 0.3 is 6.09 Å². The van der Waals surface area contributed by atoms with E-state index in [9.17, 15) is 4.79 Å². The van der Waals surface area contributed by atoms with Crippen molar-refractivity contribution >= 4 is 27.6 Å². The Morgan fingerprint density at radius 1 is 1.33 bits per heavy atom. The van der Waals surface area contributed by atoms with Crippen LogP contribution in [0.15, 0.2) is 35.3 Å². The number of amides is 1. The molecule has 0 saturated carbocycles. The molecule has 0 aliphatic carbocycles. The number of alkyl carbamates (subject to hydrolysis) is 1. The summed E-state index contributed by atoms with van der Waals surface area (Å²) in [6.45, 7) is 9.80. The minimum atomic E-state index is -0.483. The Morgan fingerprint density at radius 2 is 1.89 bits per heavy atom. The number of hydrogen-bond donors (Lipinski definition) is 1. The van der Waals surface area contributed by atoms with Gasteiger partial charge in [-0.05, 0) is 44.0 Å². The lowest BCUT2D eigenvalue weighted by atomic mass is 10.1. The van der Waals surface area contributed by atoms with Gasteiger partial charge < -0.3 is 10.1 Å². The summed E-state index contributed by atoms with van der Waals surface area (Å²) in [5.41, 5.74) is 1.35. The molecule has 0 aliphatic heterocycles. The van der Waals surface area contributed by atoms with Crippen LogP contribution < -0.4 is 5.32 Å². The molecule has 0 spiro atoms. The van der Waals surface area contributed by atoms with E-state index in [1.54, 1.807) is 0 Å². The van der Waals surface area contributed by atoms with Crippen LogP contribution in [0.4, 0.5) is 4.79 Å². The van der Waals surface area contributed by atoms with Crippen molar-refractivity contribution in [3.63, 3.8) is 0 Å². The van der Waals surface area contributed by atoms with Gasteiger partial charge in [-0.3, -0.25) is 0 Å². The molecule has 0 fully saturated rings. The largest absolute Gasteiger partial charge is 0.444 e. The second kappa shape index (κ2) is 6.05. The highest BCUT2D eigenvalue weighted by molar-refractivity contribution is 9.10. The molecular weight excluding hydrogens is 294 g/mol. The molecule has 0 aliphatic rings. The van der Waals surface area contributed by atoms with Gasteiger partial charge in [-0.15, -0.1) is 0 Å². The molecule has 1 N–H and O–H groups in total. The van der Waals surface area contributed by atoms with Crippen molar-refractivity contribution in [2.24, 2.45) is 0 Å². The van der Waals surface area contributed by atoms with Crippen LogP contribution in [0.25, 0.3) is 5.57 Å². The molecule has 0 saturated heterocycles. The van der Waals surface area contributed by atoms with Crippen LogP contribution in [0, 0.1) is 0 Å². The van der Waals surface area contributed by atoms with E-state index >= 15 is 0 Å². The summed E-state index contributed by atoms with van der Waals surface area (Å²) in [4.78, 5) is 11.5. The quantitative estimate of drug-likeness (QED) is 0.916. The molecule has 0 unspecified atom stereocenters. The molecule has 0 atom stereocenters. The van der Waals surface area contributed by atoms with Crippen molar-refractivity contribution in [2.45, 2.75) is 26.4 Å². The molecule has 3 nitrogen and oxygen atoms in total. The van der Waals surface area contributed by atoms with E-state index in [1.807, 2.05) is 45.0 Å². The maximum absolute atomic E-state index is 11.5. The van der Waals surface area contributed by atoms with Crippen molar-refractivity contribution in [2.75, 3.05) is 6.54 Å². The van der Waals surface area contributed by atoms with Gasteiger partial charge in [0.1, 0.15) is 5.60 Å². The summed E-state index contributed by atoms with van der Waals surface area (Å²) in [5.74, 6) is 0. The Bertz CT molecular complexity index is 432. The number of rotatable bonds is 3. The Balaban J connectivity index is 2.47. The number of benzene rings is 1. The number of ether oxygens (including phenoxy) is 1. The summed E-state index contributed by atoms with van der Waals surface area (Å²) in [7, 11) is 0. The highest BCUT2D eigenvalue weighted by Gasteiger charge is 2.15. The predicted molar refractivity (Wildman–Crippen MR) is 77.4 cm³/mol. The van der Waals surface area contributed by atoms with E-state index in [0.717, 1.165) is 15.6 Å². The highest BCUT2D eigenvalue weighted by Crippen LogP contribution is 2.16. The highest BCUT2D eigenvalue weighted by atomic mass is 79.9. The zero-order chi connectivity index (χ0) is 13.8. The fraction of sp³-hybridized carbons (Fsp3) is 0.357. The minimum Gasteiger partial charge on any atom is -0.444 e. The molecular formula is C14H18BrNO2. The van der Waals surface area contributed by atoms with E-state index in [2.05, 4.69) is 27.8 Å². The molecule has 1 aromatic rings. The van der Waals surface area contributed by atoms with E-state index in [4.69, 9.17) is 4.74 Å². The minimum absolute atomic E-state index is 0.372. The van der Waals surface area contributed by atoms with Crippen molar-refractivity contribution in [3.8, 4) is 0 Å². The van der Waals surface area contributed by atoms with Crippen LogP contribution >= 0.6 is 15.9 Å². The fourth-order valence-electron chi connectivity index (χ4n) is 1.28. The maximum Gasteiger partial charge on any atom is 0.407 e. The lowest BCUT2D eigenvalue weighted by Crippen LogP contribution is -2.33. The van der Waals surface area contributed by atoms with Gasteiger partial charge in [0.25, 0.3) is 0 Å². The van der Waals surface area contributed by atoms with E-state index in [0.29, 0.717) is 6.54 Å². The molecule has 18 heavy (non-hydrogen) atoms. The summed E-state index contributed by atoms with van der Waals surface area (Å²) < 4.78 is 6.16. The number of halogens is 1. The lowest BCUT2D eigenvalue weighted by molar-refractivity contribution is 0.0535. The third-order valence-corrected chi connectivity index (χ3v) is 2.63. The van der Waals surface area contributed by atoms with Gasteiger partial charge in [0.2, 0.25) is 0 Å². The van der Waals surface area contributed by atoms with Gasteiger partial charge in [-0.1, -0.05) is 34.6 Å². The van der Waals surface area contributed by atoms with Crippen LogP contribution in [-0.2, 0) is 4.74 Å². The smallest absolute Gasteiger partial charge is 0.407 e. The monoisotopic (exact) mass is 311 g/mol. The third kappa shape index (κ3) is 5.36. The van der Waals surface area contributed by atoms with Crippen molar-refractivity contribution in [1.82, 2.24) is 5.32 Å². The third-order valence-electron chi connectivity index (χ3n) is 2.10. The first-order valence-electron chi connectivity index (χ1n) is 5.68. The summed E-state index contributed by atoms with van der Waals surface area (Å²) in [6, 6.07) is 7.77. The molecule has 4 heteroatoms. The maximum atomic E-state index is 11.5. The van der Waals surface area contributed by atoms with Crippen LogP contribution in [0.3, 0.4) is 0 Å². The molecule has 0 bridgehead atoms. The summed E-state index contributed by atoms with van der Waals surface area (Å²) in [6.07, 6.45) is -0.430. The zero-order valence-electron chi connectivity index (χ0n) is 10.9. The van der Waals surface area contributed by atoms with E-state index in [-0.39, 0.29) is 0 Å². The van der Waals surface area contributed by atoms with Crippen molar-refractivity contribution in [1.29, 1.82) is 0 Å². The first-order chi connectivity index (χ1) is 8.28. The number of carbonyl (C=O) groups excluding carboxylic acids is 1. The number of nitrogens with one attached hydrogen (secondary N) is 1. The molecule has 1 aromatic carbocycles. The first kappa shape index (κ1) is 14.8. The summed E-state index contributed by atoms with van der Waals surface area (Å²) in [5, 5.41) is 2.68. The standard InChI is InChI=1S/C14H18BrNO2/c1-10(11-5-7-12(15)8-6-11)9-16-13(17)18-14(2,3)4/h5-8H,1,9H2,2-4H3,(H,16,17). The van der Waals surface area contributed by atoms with E-state index in [1.165, 1.54) is 0 Å². The van der Waals surface area contributed by atoms with Gasteiger partial charge in [-0.25, -0.2) is 4.79 Å². The number of hydrogen-bond acceptors (Lipinski definition) is 2.